The van der Waals surface area contributed by atoms with E-state index in [-0.39, 0.29) is 0 Å². The highest BCUT2D eigenvalue weighted by Crippen LogP contribution is 2.50. The Morgan fingerprint density at radius 1 is 0.212 bits per heavy atom. The Hall–Kier alpha value is -8.72. The third-order valence-electron chi connectivity index (χ3n) is 14.9. The van der Waals surface area contributed by atoms with Crippen LogP contribution in [0, 0.1) is 0 Å². The predicted molar refractivity (Wildman–Crippen MR) is 283 cm³/mol. The molecule has 0 amide bonds. The average Bonchev–Trinajstić information content (AvgIpc) is 3.36. The van der Waals surface area contributed by atoms with Crippen molar-refractivity contribution in [2.75, 3.05) is 0 Å². The number of rotatable bonds is 2. The first kappa shape index (κ1) is 34.7. The Kier molecular flexibility index (Phi) is 6.58. The zero-order valence-corrected chi connectivity index (χ0v) is 35.5. The van der Waals surface area contributed by atoms with Crippen molar-refractivity contribution < 1.29 is 0 Å². The first-order chi connectivity index (χ1) is 32.7. The van der Waals surface area contributed by atoms with Gasteiger partial charge in [-0.1, -0.05) is 133 Å². The molecule has 0 saturated carbocycles. The molecule has 0 saturated heterocycles. The number of fused-ring (bicyclic) bond motifs is 10. The van der Waals surface area contributed by atoms with E-state index < -0.39 is 0 Å². The fourth-order valence-corrected chi connectivity index (χ4v) is 11.9. The summed E-state index contributed by atoms with van der Waals surface area (Å²) in [6, 6.07) is 76.9. The Morgan fingerprint density at radius 3 is 0.924 bits per heavy atom. The van der Waals surface area contributed by atoms with Gasteiger partial charge in [-0.15, -0.1) is 0 Å². The van der Waals surface area contributed by atoms with Crippen molar-refractivity contribution in [3.8, 4) is 22.3 Å². The van der Waals surface area contributed by atoms with E-state index in [1.54, 1.807) is 0 Å². The van der Waals surface area contributed by atoms with Crippen LogP contribution in [0.15, 0.2) is 206 Å². The minimum atomic E-state index is 1.00. The zero-order valence-electron chi connectivity index (χ0n) is 35.5. The highest BCUT2D eigenvalue weighted by atomic mass is 14.7. The Bertz CT molecular complexity index is 4510. The van der Waals surface area contributed by atoms with Crippen LogP contribution in [0.2, 0.25) is 0 Å². The molecule has 14 aromatic carbocycles. The minimum Gasteiger partial charge on any atom is -0.247 e. The number of pyridine rings is 2. The molecule has 16 aromatic rings. The van der Waals surface area contributed by atoms with Crippen LogP contribution in [0.3, 0.4) is 0 Å². The van der Waals surface area contributed by atoms with Crippen molar-refractivity contribution in [3.63, 3.8) is 0 Å². The van der Waals surface area contributed by atoms with Crippen LogP contribution in [-0.2, 0) is 0 Å². The van der Waals surface area contributed by atoms with E-state index in [1.807, 2.05) is 0 Å². The van der Waals surface area contributed by atoms with Crippen LogP contribution < -0.4 is 0 Å². The molecule has 0 aliphatic carbocycles. The van der Waals surface area contributed by atoms with Gasteiger partial charge in [0.25, 0.3) is 0 Å². The van der Waals surface area contributed by atoms with E-state index in [0.717, 1.165) is 32.8 Å². The molecule has 2 nitrogen and oxygen atoms in total. The summed E-state index contributed by atoms with van der Waals surface area (Å²) in [5.41, 5.74) is 8.94. The second-order valence-electron chi connectivity index (χ2n) is 18.4. The monoisotopic (exact) mass is 830 g/mol. The van der Waals surface area contributed by atoms with Gasteiger partial charge in [0.15, 0.2) is 0 Å². The van der Waals surface area contributed by atoms with Gasteiger partial charge in [0.1, 0.15) is 0 Å². The lowest BCUT2D eigenvalue weighted by molar-refractivity contribution is 1.50. The summed E-state index contributed by atoms with van der Waals surface area (Å²) in [7, 11) is 0. The number of hydrogen-bond donors (Lipinski definition) is 0. The third-order valence-corrected chi connectivity index (χ3v) is 14.9. The molecular weight excluding hydrogens is 797 g/mol. The van der Waals surface area contributed by atoms with Crippen molar-refractivity contribution in [1.82, 2.24) is 9.97 Å². The lowest BCUT2D eigenvalue weighted by atomic mass is 9.84. The second-order valence-corrected chi connectivity index (χ2v) is 18.4. The molecule has 0 unspecified atom stereocenters. The van der Waals surface area contributed by atoms with Crippen LogP contribution in [0.4, 0.5) is 0 Å². The van der Waals surface area contributed by atoms with E-state index in [4.69, 9.17) is 9.97 Å². The lowest BCUT2D eigenvalue weighted by Crippen LogP contribution is -1.98. The van der Waals surface area contributed by atoms with Crippen LogP contribution in [0.1, 0.15) is 0 Å². The van der Waals surface area contributed by atoms with Gasteiger partial charge in [-0.05, 0) is 181 Å². The molecule has 0 bridgehead atoms. The van der Waals surface area contributed by atoms with Gasteiger partial charge in [0, 0.05) is 32.3 Å². The molecule has 300 valence electrons. The Labute approximate surface area is 377 Å². The van der Waals surface area contributed by atoms with Crippen molar-refractivity contribution in [2.24, 2.45) is 0 Å². The average molecular weight is 831 g/mol. The first-order valence-corrected chi connectivity index (χ1v) is 22.9. The zero-order chi connectivity index (χ0) is 42.8. The van der Waals surface area contributed by atoms with Crippen LogP contribution >= 0.6 is 0 Å². The largest absolute Gasteiger partial charge is 0.247 e. The quantitative estimate of drug-likeness (QED) is 0.128. The minimum absolute atomic E-state index is 1.00. The number of nitrogens with zero attached hydrogens (tertiary/aromatic N) is 2. The molecule has 0 fully saturated rings. The van der Waals surface area contributed by atoms with Gasteiger partial charge in [-0.3, -0.25) is 0 Å². The first-order valence-electron chi connectivity index (χ1n) is 22.9. The van der Waals surface area contributed by atoms with Crippen molar-refractivity contribution >= 4 is 141 Å². The Morgan fingerprint density at radius 2 is 0.530 bits per heavy atom. The van der Waals surface area contributed by atoms with Crippen LogP contribution in [-0.4, -0.2) is 9.97 Å². The second kappa shape index (κ2) is 12.5. The van der Waals surface area contributed by atoms with Crippen molar-refractivity contribution in [2.45, 2.75) is 0 Å². The molecule has 2 heterocycles. The fraction of sp³-hybridized carbons (Fsp3) is 0. The van der Waals surface area contributed by atoms with E-state index in [0.29, 0.717) is 0 Å². The maximum atomic E-state index is 5.65. The predicted octanol–water partition coefficient (Wildman–Crippen LogP) is 17.7. The summed E-state index contributed by atoms with van der Waals surface area (Å²) in [6.45, 7) is 0. The van der Waals surface area contributed by atoms with Crippen LogP contribution in [0.5, 0.6) is 0 Å². The Balaban J connectivity index is 0.977. The maximum Gasteiger partial charge on any atom is 0.0801 e. The molecule has 0 aliphatic heterocycles. The van der Waals surface area contributed by atoms with Gasteiger partial charge in [0.2, 0.25) is 0 Å². The molecule has 0 radical (unpaired) electrons. The summed E-state index contributed by atoms with van der Waals surface area (Å²) >= 11 is 0. The molecule has 0 aliphatic rings. The summed E-state index contributed by atoms with van der Waals surface area (Å²) < 4.78 is 0. The number of aromatic nitrogens is 2. The highest BCUT2D eigenvalue weighted by molar-refractivity contribution is 6.41. The standard InChI is InChI=1S/C64H34N2/c1-3-11-37-27-47-33-43-31-41(19-17-39(43)29-45(47)25-35(37)9-1)57-49-13-5-7-15-51(49)63-59-53(57)21-23-55-61(59)62-56(65-63)24-22-54-58(50-14-6-8-16-52(50)64(66-55)60(54)62)42-20-18-40-30-46-26-36-10-2-4-12-38(36)28-48(46)34-44(40)32-42/h1-34H. The topological polar surface area (TPSA) is 25.8 Å². The summed E-state index contributed by atoms with van der Waals surface area (Å²) in [4.78, 5) is 11.3. The third kappa shape index (κ3) is 4.64. The smallest absolute Gasteiger partial charge is 0.0801 e. The highest BCUT2D eigenvalue weighted by Gasteiger charge is 2.25. The van der Waals surface area contributed by atoms with E-state index in [9.17, 15) is 0 Å². The SMILES string of the molecule is c1ccc2cc3cc4cc(-c5c6ccccc6c6nc7ccc8c(-c9ccc%10cc%11cc%12ccccc%12cc%11cc%10c9)c9ccccc9c9nc%10ccc5c6c%10c7c89)ccc4cc3cc2c1. The molecular formula is C64H34N2. The van der Waals surface area contributed by atoms with Gasteiger partial charge < -0.3 is 0 Å². The molecule has 0 spiro atoms. The summed E-state index contributed by atoms with van der Waals surface area (Å²) in [5, 5.41) is 26.9. The van der Waals surface area contributed by atoms with E-state index >= 15 is 0 Å². The van der Waals surface area contributed by atoms with E-state index in [2.05, 4.69) is 206 Å². The van der Waals surface area contributed by atoms with Crippen LogP contribution in [0.25, 0.3) is 163 Å². The normalized spacial score (nSPS) is 12.5. The molecule has 0 N–H and O–H groups in total. The molecule has 16 rings (SSSR count). The molecule has 2 heteroatoms. The summed E-state index contributed by atoms with van der Waals surface area (Å²) in [6.07, 6.45) is 0. The van der Waals surface area contributed by atoms with Gasteiger partial charge in [-0.2, -0.15) is 0 Å². The lowest BCUT2D eigenvalue weighted by Gasteiger charge is -2.22. The van der Waals surface area contributed by atoms with Gasteiger partial charge >= 0.3 is 0 Å². The van der Waals surface area contributed by atoms with Gasteiger partial charge in [0.05, 0.1) is 22.1 Å². The molecule has 66 heavy (non-hydrogen) atoms. The fourth-order valence-electron chi connectivity index (χ4n) is 11.9. The molecule has 2 aromatic heterocycles. The summed E-state index contributed by atoms with van der Waals surface area (Å²) in [5.74, 6) is 0. The van der Waals surface area contributed by atoms with Gasteiger partial charge in [-0.25, -0.2) is 9.97 Å². The van der Waals surface area contributed by atoms with Crippen molar-refractivity contribution in [3.05, 3.63) is 206 Å². The number of benzene rings is 14. The van der Waals surface area contributed by atoms with E-state index in [1.165, 1.54) is 130 Å². The van der Waals surface area contributed by atoms with Crippen molar-refractivity contribution in [1.29, 1.82) is 0 Å². The maximum absolute atomic E-state index is 5.65. The molecule has 0 atom stereocenters. The number of hydrogen-bond acceptors (Lipinski definition) is 2.